The van der Waals surface area contributed by atoms with Crippen LogP contribution in [0.5, 0.6) is 0 Å². The summed E-state index contributed by atoms with van der Waals surface area (Å²) in [4.78, 5) is 0. The first-order chi connectivity index (χ1) is 3.72. The second-order valence-corrected chi connectivity index (χ2v) is 1.79. The van der Waals surface area contributed by atoms with E-state index in [0.717, 1.165) is 0 Å². The van der Waals surface area contributed by atoms with Gasteiger partial charge in [0.1, 0.15) is 0 Å². The Balaban J connectivity index is 3.44. The van der Waals surface area contributed by atoms with Crippen LogP contribution in [0.15, 0.2) is 12.7 Å². The Morgan fingerprint density at radius 3 is 2.50 bits per heavy atom. The summed E-state index contributed by atoms with van der Waals surface area (Å²) in [5.41, 5.74) is 5.36. The molecule has 48 valence electrons. The summed E-state index contributed by atoms with van der Waals surface area (Å²) < 4.78 is 0. The highest BCUT2D eigenvalue weighted by Gasteiger charge is 2.06. The van der Waals surface area contributed by atoms with Crippen LogP contribution in [0.2, 0.25) is 0 Å². The van der Waals surface area contributed by atoms with E-state index in [1.807, 2.05) is 6.92 Å². The van der Waals surface area contributed by atoms with E-state index in [1.165, 1.54) is 0 Å². The molecule has 0 bridgehead atoms. The predicted molar refractivity (Wildman–Crippen MR) is 34.5 cm³/mol. The van der Waals surface area contributed by atoms with E-state index in [0.29, 0.717) is 6.42 Å². The van der Waals surface area contributed by atoms with Crippen LogP contribution in [0.25, 0.3) is 0 Å². The first kappa shape index (κ1) is 7.66. The molecule has 0 aliphatic rings. The zero-order chi connectivity index (χ0) is 6.57. The molecule has 0 aliphatic heterocycles. The summed E-state index contributed by atoms with van der Waals surface area (Å²) in [6.07, 6.45) is 1.81. The van der Waals surface area contributed by atoms with Crippen molar-refractivity contribution in [2.45, 2.75) is 25.5 Å². The van der Waals surface area contributed by atoms with Crippen LogP contribution in [0.1, 0.15) is 13.3 Å². The van der Waals surface area contributed by atoms with Gasteiger partial charge in [-0.2, -0.15) is 0 Å². The van der Waals surface area contributed by atoms with Crippen LogP contribution in [0.4, 0.5) is 0 Å². The van der Waals surface area contributed by atoms with Crippen molar-refractivity contribution in [3.05, 3.63) is 12.7 Å². The molecule has 3 N–H and O–H groups in total. The highest BCUT2D eigenvalue weighted by atomic mass is 16.3. The third-order valence-electron chi connectivity index (χ3n) is 1.13. The smallest absolute Gasteiger partial charge is 0.0724 e. The van der Waals surface area contributed by atoms with Gasteiger partial charge in [-0.1, -0.05) is 13.0 Å². The molecule has 2 nitrogen and oxygen atoms in total. The van der Waals surface area contributed by atoms with E-state index in [4.69, 9.17) is 10.8 Å². The molecule has 0 spiro atoms. The van der Waals surface area contributed by atoms with Gasteiger partial charge >= 0.3 is 0 Å². The fourth-order valence-corrected chi connectivity index (χ4v) is 0.429. The van der Waals surface area contributed by atoms with E-state index in [2.05, 4.69) is 6.58 Å². The molecule has 0 fully saturated rings. The molecule has 0 amide bonds. The molecule has 2 atom stereocenters. The molecule has 2 unspecified atom stereocenters. The van der Waals surface area contributed by atoms with Crippen molar-refractivity contribution < 1.29 is 5.11 Å². The third kappa shape index (κ3) is 2.09. The van der Waals surface area contributed by atoms with E-state index >= 15 is 0 Å². The molecule has 0 aromatic rings. The van der Waals surface area contributed by atoms with Crippen molar-refractivity contribution in [1.29, 1.82) is 0 Å². The lowest BCUT2D eigenvalue weighted by molar-refractivity contribution is 0.156. The van der Waals surface area contributed by atoms with Gasteiger partial charge in [-0.3, -0.25) is 0 Å². The number of rotatable bonds is 3. The summed E-state index contributed by atoms with van der Waals surface area (Å²) in [6, 6.07) is -0.264. The summed E-state index contributed by atoms with van der Waals surface area (Å²) in [5.74, 6) is 0. The van der Waals surface area contributed by atoms with Gasteiger partial charge in [-0.15, -0.1) is 6.58 Å². The first-order valence-electron chi connectivity index (χ1n) is 2.78. The van der Waals surface area contributed by atoms with Crippen LogP contribution < -0.4 is 5.73 Å². The minimum Gasteiger partial charge on any atom is -0.391 e. The van der Waals surface area contributed by atoms with E-state index in [1.54, 1.807) is 6.08 Å². The van der Waals surface area contributed by atoms with Crippen LogP contribution in [0.3, 0.4) is 0 Å². The quantitative estimate of drug-likeness (QED) is 0.519. The van der Waals surface area contributed by atoms with Gasteiger partial charge in [0.25, 0.3) is 0 Å². The zero-order valence-corrected chi connectivity index (χ0v) is 5.17. The van der Waals surface area contributed by atoms with Crippen molar-refractivity contribution in [2.75, 3.05) is 0 Å². The predicted octanol–water partition coefficient (Wildman–Crippen LogP) is 0.271. The minimum absolute atomic E-state index is 0.264. The highest BCUT2D eigenvalue weighted by Crippen LogP contribution is 1.94. The maximum atomic E-state index is 8.93. The Morgan fingerprint density at radius 1 is 1.88 bits per heavy atom. The van der Waals surface area contributed by atoms with Gasteiger partial charge in [0.2, 0.25) is 0 Å². The van der Waals surface area contributed by atoms with Crippen molar-refractivity contribution >= 4 is 0 Å². The Bertz CT molecular complexity index is 72.9. The van der Waals surface area contributed by atoms with Gasteiger partial charge in [0.05, 0.1) is 6.10 Å². The van der Waals surface area contributed by atoms with Gasteiger partial charge < -0.3 is 10.8 Å². The number of nitrogens with two attached hydrogens (primary N) is 1. The Labute approximate surface area is 50.0 Å². The molecule has 0 rings (SSSR count). The fourth-order valence-electron chi connectivity index (χ4n) is 0.429. The van der Waals surface area contributed by atoms with Crippen molar-refractivity contribution in [1.82, 2.24) is 0 Å². The highest BCUT2D eigenvalue weighted by molar-refractivity contribution is 4.87. The first-order valence-corrected chi connectivity index (χ1v) is 2.78. The number of hydrogen-bond acceptors (Lipinski definition) is 2. The van der Waals surface area contributed by atoms with E-state index in [9.17, 15) is 0 Å². The van der Waals surface area contributed by atoms with Gasteiger partial charge in [0.15, 0.2) is 0 Å². The number of aliphatic hydroxyl groups excluding tert-OH is 1. The summed E-state index contributed by atoms with van der Waals surface area (Å²) in [6.45, 7) is 5.33. The molecule has 0 radical (unpaired) electrons. The van der Waals surface area contributed by atoms with Gasteiger partial charge in [0, 0.05) is 6.04 Å². The SMILES string of the molecule is C=CC(N)C(O)CC. The van der Waals surface area contributed by atoms with Crippen LogP contribution in [0, 0.1) is 0 Å². The molecule has 0 heterocycles. The maximum absolute atomic E-state index is 8.93. The molecule has 0 aromatic heterocycles. The molecule has 0 aromatic carbocycles. The third-order valence-corrected chi connectivity index (χ3v) is 1.13. The standard InChI is InChI=1S/C6H13NO/c1-3-5(7)6(8)4-2/h3,5-6,8H,1,4,7H2,2H3. The Morgan fingerprint density at radius 2 is 2.38 bits per heavy atom. The average molecular weight is 115 g/mol. The van der Waals surface area contributed by atoms with Crippen LogP contribution in [-0.4, -0.2) is 17.3 Å². The molecule has 0 saturated heterocycles. The fraction of sp³-hybridized carbons (Fsp3) is 0.667. The molecular weight excluding hydrogens is 102 g/mol. The zero-order valence-electron chi connectivity index (χ0n) is 5.17. The second kappa shape index (κ2) is 3.64. The Hall–Kier alpha value is -0.340. The molecule has 0 saturated carbocycles. The number of hydrogen-bond donors (Lipinski definition) is 2. The van der Waals surface area contributed by atoms with Crippen molar-refractivity contribution in [3.8, 4) is 0 Å². The Kier molecular flexibility index (Phi) is 3.48. The van der Waals surface area contributed by atoms with Crippen LogP contribution in [-0.2, 0) is 0 Å². The molecule has 0 aliphatic carbocycles. The maximum Gasteiger partial charge on any atom is 0.0724 e. The number of aliphatic hydroxyl groups is 1. The van der Waals surface area contributed by atoms with E-state index < -0.39 is 6.10 Å². The lowest BCUT2D eigenvalue weighted by Crippen LogP contribution is -2.31. The van der Waals surface area contributed by atoms with Crippen LogP contribution >= 0.6 is 0 Å². The normalized spacial score (nSPS) is 17.4. The largest absolute Gasteiger partial charge is 0.391 e. The lowest BCUT2D eigenvalue weighted by Gasteiger charge is -2.11. The topological polar surface area (TPSA) is 46.2 Å². The van der Waals surface area contributed by atoms with Gasteiger partial charge in [-0.25, -0.2) is 0 Å². The monoisotopic (exact) mass is 115 g/mol. The average Bonchev–Trinajstić information content (AvgIpc) is 1.84. The summed E-state index contributed by atoms with van der Waals surface area (Å²) in [7, 11) is 0. The minimum atomic E-state index is -0.424. The lowest BCUT2D eigenvalue weighted by atomic mass is 10.1. The van der Waals surface area contributed by atoms with E-state index in [-0.39, 0.29) is 6.04 Å². The second-order valence-electron chi connectivity index (χ2n) is 1.79. The van der Waals surface area contributed by atoms with Gasteiger partial charge in [-0.05, 0) is 6.42 Å². The van der Waals surface area contributed by atoms with Crippen molar-refractivity contribution in [3.63, 3.8) is 0 Å². The summed E-state index contributed by atoms with van der Waals surface area (Å²) in [5, 5.41) is 8.93. The molecule has 8 heavy (non-hydrogen) atoms. The summed E-state index contributed by atoms with van der Waals surface area (Å²) >= 11 is 0. The molecular formula is C6H13NO. The molecule has 2 heteroatoms. The van der Waals surface area contributed by atoms with Crippen molar-refractivity contribution in [2.24, 2.45) is 5.73 Å².